The molecule has 0 heterocycles. The lowest BCUT2D eigenvalue weighted by Crippen LogP contribution is -2.45. The molecule has 0 saturated carbocycles. The van der Waals surface area contributed by atoms with Gasteiger partial charge in [-0.25, -0.2) is 0 Å². The molecule has 0 aliphatic carbocycles. The Balaban J connectivity index is 0.00000576. The Morgan fingerprint density at radius 1 is 1.08 bits per heavy atom. The van der Waals surface area contributed by atoms with Crippen LogP contribution in [-0.2, 0) is 6.42 Å². The molecule has 0 amide bonds. The summed E-state index contributed by atoms with van der Waals surface area (Å²) in [5, 5.41) is 9.59. The summed E-state index contributed by atoms with van der Waals surface area (Å²) >= 11 is 0. The second kappa shape index (κ2) is 13.4. The van der Waals surface area contributed by atoms with Gasteiger partial charge in [0.15, 0.2) is 0 Å². The Hall–Kier alpha value is -0.770. The fourth-order valence-electron chi connectivity index (χ4n) is 3.10. The van der Waals surface area contributed by atoms with Crippen molar-refractivity contribution in [1.29, 1.82) is 0 Å². The quantitative estimate of drug-likeness (QED) is 0.473. The number of benzene rings is 1. The molecule has 0 saturated heterocycles. The van der Waals surface area contributed by atoms with E-state index in [4.69, 9.17) is 10.5 Å². The van der Waals surface area contributed by atoms with E-state index in [2.05, 4.69) is 32.9 Å². The summed E-state index contributed by atoms with van der Waals surface area (Å²) in [6.07, 6.45) is 8.83. The van der Waals surface area contributed by atoms with Gasteiger partial charge in [-0.3, -0.25) is 0 Å². The summed E-state index contributed by atoms with van der Waals surface area (Å²) in [7, 11) is 0. The van der Waals surface area contributed by atoms with Crippen molar-refractivity contribution in [3.05, 3.63) is 29.8 Å². The van der Waals surface area contributed by atoms with E-state index in [1.807, 2.05) is 12.1 Å². The average molecular weight is 372 g/mol. The molecule has 0 aliphatic rings. The highest BCUT2D eigenvalue weighted by molar-refractivity contribution is 5.85. The molecule has 1 aromatic rings. The van der Waals surface area contributed by atoms with Crippen LogP contribution < -0.4 is 10.5 Å². The van der Waals surface area contributed by atoms with Crippen LogP contribution in [0.2, 0.25) is 0 Å². The van der Waals surface area contributed by atoms with Crippen LogP contribution in [0.4, 0.5) is 0 Å². The van der Waals surface area contributed by atoms with Gasteiger partial charge in [-0.1, -0.05) is 58.6 Å². The van der Waals surface area contributed by atoms with Crippen LogP contribution in [0, 0.1) is 5.92 Å². The van der Waals surface area contributed by atoms with Gasteiger partial charge in [-0.2, -0.15) is 0 Å². The molecular weight excluding hydrogens is 334 g/mol. The van der Waals surface area contributed by atoms with Crippen LogP contribution in [0.1, 0.15) is 71.3 Å². The topological polar surface area (TPSA) is 55.5 Å². The van der Waals surface area contributed by atoms with Crippen LogP contribution in [0.3, 0.4) is 0 Å². The van der Waals surface area contributed by atoms with Crippen molar-refractivity contribution in [3.63, 3.8) is 0 Å². The zero-order valence-electron chi connectivity index (χ0n) is 16.3. The molecule has 3 nitrogen and oxygen atoms in total. The standard InChI is InChI=1S/C21H37NO2.ClH/c1-4-5-6-7-8-15-24-20-11-9-19(10-12-20)13-14-21(22,17-23)16-18(2)3;/h9-12,18,23H,4-8,13-17,22H2,1-3H3;1H. The van der Waals surface area contributed by atoms with E-state index in [-0.39, 0.29) is 19.0 Å². The van der Waals surface area contributed by atoms with Gasteiger partial charge < -0.3 is 15.6 Å². The van der Waals surface area contributed by atoms with Crippen molar-refractivity contribution >= 4 is 12.4 Å². The van der Waals surface area contributed by atoms with Crippen LogP contribution in [-0.4, -0.2) is 23.9 Å². The predicted octanol–water partition coefficient (Wildman–Crippen LogP) is 5.13. The molecule has 0 radical (unpaired) electrons. The first kappa shape index (κ1) is 24.2. The Bertz CT molecular complexity index is 436. The first-order valence-electron chi connectivity index (χ1n) is 9.60. The molecule has 146 valence electrons. The SMILES string of the molecule is CCCCCCCOc1ccc(CCC(N)(CO)CC(C)C)cc1.Cl. The third kappa shape index (κ3) is 10.7. The monoisotopic (exact) mass is 371 g/mol. The number of ether oxygens (including phenoxy) is 1. The normalized spacial score (nSPS) is 13.4. The first-order chi connectivity index (χ1) is 11.5. The molecule has 0 aliphatic heterocycles. The molecule has 1 atom stereocenters. The predicted molar refractivity (Wildman–Crippen MR) is 110 cm³/mol. The lowest BCUT2D eigenvalue weighted by atomic mass is 9.85. The van der Waals surface area contributed by atoms with Crippen molar-refractivity contribution in [1.82, 2.24) is 0 Å². The summed E-state index contributed by atoms with van der Waals surface area (Å²) in [5.41, 5.74) is 7.09. The minimum Gasteiger partial charge on any atom is -0.494 e. The maximum Gasteiger partial charge on any atom is 0.119 e. The molecule has 0 spiro atoms. The van der Waals surface area contributed by atoms with E-state index in [1.54, 1.807) is 0 Å². The second-order valence-electron chi connectivity index (χ2n) is 7.53. The molecule has 1 unspecified atom stereocenters. The molecular formula is C21H38ClNO2. The van der Waals surface area contributed by atoms with Gasteiger partial charge in [-0.15, -0.1) is 12.4 Å². The molecule has 1 aromatic carbocycles. The van der Waals surface area contributed by atoms with Gasteiger partial charge in [0.05, 0.1) is 13.2 Å². The molecule has 3 N–H and O–H groups in total. The Labute approximate surface area is 160 Å². The van der Waals surface area contributed by atoms with E-state index >= 15 is 0 Å². The Morgan fingerprint density at radius 2 is 1.72 bits per heavy atom. The first-order valence-corrected chi connectivity index (χ1v) is 9.60. The van der Waals surface area contributed by atoms with E-state index in [0.717, 1.165) is 38.0 Å². The van der Waals surface area contributed by atoms with Crippen molar-refractivity contribution in [3.8, 4) is 5.75 Å². The second-order valence-corrected chi connectivity index (χ2v) is 7.53. The number of nitrogens with two attached hydrogens (primary N) is 1. The van der Waals surface area contributed by atoms with Crippen molar-refractivity contribution < 1.29 is 9.84 Å². The fraction of sp³-hybridized carbons (Fsp3) is 0.714. The van der Waals surface area contributed by atoms with Crippen molar-refractivity contribution in [2.45, 2.75) is 77.7 Å². The van der Waals surface area contributed by atoms with Gasteiger partial charge in [0.1, 0.15) is 5.75 Å². The number of unbranched alkanes of at least 4 members (excludes halogenated alkanes) is 4. The number of aliphatic hydroxyl groups is 1. The molecule has 0 bridgehead atoms. The smallest absolute Gasteiger partial charge is 0.119 e. The average Bonchev–Trinajstić information content (AvgIpc) is 2.56. The highest BCUT2D eigenvalue weighted by Gasteiger charge is 2.24. The molecule has 0 aromatic heterocycles. The molecule has 25 heavy (non-hydrogen) atoms. The van der Waals surface area contributed by atoms with Gasteiger partial charge in [0.2, 0.25) is 0 Å². The van der Waals surface area contributed by atoms with Gasteiger partial charge in [-0.05, 0) is 49.3 Å². The minimum absolute atomic E-state index is 0. The number of aryl methyl sites for hydroxylation is 1. The summed E-state index contributed by atoms with van der Waals surface area (Å²) < 4.78 is 5.80. The zero-order valence-corrected chi connectivity index (χ0v) is 17.1. The van der Waals surface area contributed by atoms with Crippen molar-refractivity contribution in [2.75, 3.05) is 13.2 Å². The Morgan fingerprint density at radius 3 is 2.28 bits per heavy atom. The number of hydrogen-bond donors (Lipinski definition) is 2. The lowest BCUT2D eigenvalue weighted by molar-refractivity contribution is 0.165. The van der Waals surface area contributed by atoms with E-state index in [0.29, 0.717) is 5.92 Å². The zero-order chi connectivity index (χ0) is 17.8. The summed E-state index contributed by atoms with van der Waals surface area (Å²) in [5.74, 6) is 1.44. The highest BCUT2D eigenvalue weighted by Crippen LogP contribution is 2.21. The van der Waals surface area contributed by atoms with Crippen LogP contribution >= 0.6 is 12.4 Å². The summed E-state index contributed by atoms with van der Waals surface area (Å²) in [6.45, 7) is 7.37. The maximum absolute atomic E-state index is 9.59. The van der Waals surface area contributed by atoms with Gasteiger partial charge >= 0.3 is 0 Å². The summed E-state index contributed by atoms with van der Waals surface area (Å²) in [4.78, 5) is 0. The minimum atomic E-state index is -0.470. The van der Waals surface area contributed by atoms with E-state index in [9.17, 15) is 5.11 Å². The van der Waals surface area contributed by atoms with Gasteiger partial charge in [0.25, 0.3) is 0 Å². The molecule has 1 rings (SSSR count). The number of aliphatic hydroxyl groups excluding tert-OH is 1. The fourth-order valence-corrected chi connectivity index (χ4v) is 3.10. The molecule has 4 heteroatoms. The van der Waals surface area contributed by atoms with Crippen LogP contribution in [0.25, 0.3) is 0 Å². The van der Waals surface area contributed by atoms with Gasteiger partial charge in [0, 0.05) is 5.54 Å². The summed E-state index contributed by atoms with van der Waals surface area (Å²) in [6, 6.07) is 8.31. The number of hydrogen-bond acceptors (Lipinski definition) is 3. The largest absolute Gasteiger partial charge is 0.494 e. The third-order valence-corrected chi connectivity index (χ3v) is 4.48. The van der Waals surface area contributed by atoms with Crippen LogP contribution in [0.15, 0.2) is 24.3 Å². The van der Waals surface area contributed by atoms with Crippen molar-refractivity contribution in [2.24, 2.45) is 11.7 Å². The molecule has 0 fully saturated rings. The highest BCUT2D eigenvalue weighted by atomic mass is 35.5. The van der Waals surface area contributed by atoms with E-state index < -0.39 is 5.54 Å². The maximum atomic E-state index is 9.59. The third-order valence-electron chi connectivity index (χ3n) is 4.48. The Kier molecular flexibility index (Phi) is 13.0. The van der Waals surface area contributed by atoms with Crippen LogP contribution in [0.5, 0.6) is 5.75 Å². The number of halogens is 1. The number of rotatable bonds is 13. The van der Waals surface area contributed by atoms with E-state index in [1.165, 1.54) is 31.2 Å². The lowest BCUT2D eigenvalue weighted by Gasteiger charge is -2.29.